The zero-order valence-electron chi connectivity index (χ0n) is 13.7. The molecule has 0 fully saturated rings. The van der Waals surface area contributed by atoms with Crippen LogP contribution in [0, 0.1) is 18.3 Å². The lowest BCUT2D eigenvalue weighted by molar-refractivity contribution is -0.125. The maximum absolute atomic E-state index is 11.7. The number of hydrogen-bond donors (Lipinski definition) is 2. The molecule has 0 saturated carbocycles. The molecule has 6 heteroatoms. The molecule has 2 aromatic rings. The van der Waals surface area contributed by atoms with Gasteiger partial charge in [-0.15, -0.1) is 11.8 Å². The summed E-state index contributed by atoms with van der Waals surface area (Å²) < 4.78 is 0. The summed E-state index contributed by atoms with van der Waals surface area (Å²) in [4.78, 5) is 24.4. The molecule has 2 rings (SSSR count). The number of amides is 2. The van der Waals surface area contributed by atoms with Crippen LogP contribution in [0.15, 0.2) is 59.5 Å². The van der Waals surface area contributed by atoms with E-state index >= 15 is 0 Å². The normalized spacial score (nSPS) is 10.2. The second-order valence-electron chi connectivity index (χ2n) is 5.21. The Morgan fingerprint density at radius 3 is 2.40 bits per heavy atom. The van der Waals surface area contributed by atoms with Gasteiger partial charge in [-0.2, -0.15) is 5.26 Å². The SMILES string of the molecule is Cc1ccc(SCC(=O)NNC(=O)/C=C/c2ccc(C#N)cc2)cc1. The number of thioether (sulfide) groups is 1. The number of hydrogen-bond acceptors (Lipinski definition) is 4. The Hall–Kier alpha value is -3.04. The maximum Gasteiger partial charge on any atom is 0.262 e. The lowest BCUT2D eigenvalue weighted by Gasteiger charge is -2.05. The largest absolute Gasteiger partial charge is 0.272 e. The van der Waals surface area contributed by atoms with Crippen molar-refractivity contribution in [2.75, 3.05) is 5.75 Å². The molecule has 0 aromatic heterocycles. The molecule has 0 atom stereocenters. The third kappa shape index (κ3) is 6.53. The number of hydrazine groups is 1. The van der Waals surface area contributed by atoms with Crippen molar-refractivity contribution in [1.82, 2.24) is 10.9 Å². The molecule has 126 valence electrons. The van der Waals surface area contributed by atoms with Crippen LogP contribution in [0.3, 0.4) is 0 Å². The highest BCUT2D eigenvalue weighted by Gasteiger charge is 2.03. The van der Waals surface area contributed by atoms with Gasteiger partial charge in [-0.25, -0.2) is 0 Å². The van der Waals surface area contributed by atoms with Crippen LogP contribution in [0.5, 0.6) is 0 Å². The Kier molecular flexibility index (Phi) is 6.81. The molecule has 2 aromatic carbocycles. The first-order chi connectivity index (χ1) is 12.1. The Balaban J connectivity index is 1.73. The van der Waals surface area contributed by atoms with Gasteiger partial charge in [-0.1, -0.05) is 29.8 Å². The second kappa shape index (κ2) is 9.30. The van der Waals surface area contributed by atoms with Crippen molar-refractivity contribution >= 4 is 29.7 Å². The van der Waals surface area contributed by atoms with Crippen molar-refractivity contribution in [1.29, 1.82) is 5.26 Å². The number of rotatable bonds is 5. The van der Waals surface area contributed by atoms with E-state index in [1.165, 1.54) is 17.8 Å². The van der Waals surface area contributed by atoms with Gasteiger partial charge in [0.15, 0.2) is 0 Å². The maximum atomic E-state index is 11.7. The number of benzene rings is 2. The van der Waals surface area contributed by atoms with Crippen molar-refractivity contribution in [2.24, 2.45) is 0 Å². The number of nitriles is 1. The number of aryl methyl sites for hydroxylation is 1. The van der Waals surface area contributed by atoms with E-state index in [4.69, 9.17) is 5.26 Å². The minimum absolute atomic E-state index is 0.211. The Labute approximate surface area is 150 Å². The molecule has 0 aliphatic carbocycles. The summed E-state index contributed by atoms with van der Waals surface area (Å²) in [7, 11) is 0. The molecule has 0 heterocycles. The molecule has 2 amide bonds. The van der Waals surface area contributed by atoms with E-state index in [9.17, 15) is 9.59 Å². The fourth-order valence-electron chi connectivity index (χ4n) is 1.83. The third-order valence-electron chi connectivity index (χ3n) is 3.18. The van der Waals surface area contributed by atoms with E-state index in [2.05, 4.69) is 10.9 Å². The zero-order chi connectivity index (χ0) is 18.1. The van der Waals surface area contributed by atoms with Crippen LogP contribution in [-0.4, -0.2) is 17.6 Å². The van der Waals surface area contributed by atoms with Gasteiger partial charge in [-0.05, 0) is 42.8 Å². The summed E-state index contributed by atoms with van der Waals surface area (Å²) in [6, 6.07) is 16.7. The van der Waals surface area contributed by atoms with Gasteiger partial charge >= 0.3 is 0 Å². The Morgan fingerprint density at radius 1 is 1.08 bits per heavy atom. The predicted octanol–water partition coefficient (Wildman–Crippen LogP) is 2.82. The highest BCUT2D eigenvalue weighted by atomic mass is 32.2. The standard InChI is InChI=1S/C19H17N3O2S/c1-14-2-9-17(10-3-14)25-13-19(24)22-21-18(23)11-8-15-4-6-16(12-20)7-5-15/h2-11H,13H2,1H3,(H,21,23)(H,22,24)/b11-8+. The summed E-state index contributed by atoms with van der Waals surface area (Å²) >= 11 is 1.39. The van der Waals surface area contributed by atoms with Crippen LogP contribution >= 0.6 is 11.8 Å². The average molecular weight is 351 g/mol. The van der Waals surface area contributed by atoms with Gasteiger partial charge in [0, 0.05) is 11.0 Å². The van der Waals surface area contributed by atoms with E-state index in [1.54, 1.807) is 30.3 Å². The molecular weight excluding hydrogens is 334 g/mol. The molecule has 25 heavy (non-hydrogen) atoms. The summed E-state index contributed by atoms with van der Waals surface area (Å²) in [5.74, 6) is -0.508. The van der Waals surface area contributed by atoms with E-state index in [1.807, 2.05) is 37.3 Å². The first-order valence-corrected chi connectivity index (χ1v) is 8.52. The second-order valence-corrected chi connectivity index (χ2v) is 6.26. The summed E-state index contributed by atoms with van der Waals surface area (Å²) in [6.45, 7) is 2.00. The quantitative estimate of drug-likeness (QED) is 0.493. The topological polar surface area (TPSA) is 82.0 Å². The molecule has 5 nitrogen and oxygen atoms in total. The molecule has 0 bridgehead atoms. The zero-order valence-corrected chi connectivity index (χ0v) is 14.5. The van der Waals surface area contributed by atoms with Crippen LogP contribution in [0.2, 0.25) is 0 Å². The van der Waals surface area contributed by atoms with Gasteiger partial charge in [0.05, 0.1) is 17.4 Å². The molecule has 0 unspecified atom stereocenters. The smallest absolute Gasteiger partial charge is 0.262 e. The molecule has 0 saturated heterocycles. The third-order valence-corrected chi connectivity index (χ3v) is 4.19. The fraction of sp³-hybridized carbons (Fsp3) is 0.105. The Morgan fingerprint density at radius 2 is 1.76 bits per heavy atom. The van der Waals surface area contributed by atoms with Crippen LogP contribution in [0.4, 0.5) is 0 Å². The molecule has 0 radical (unpaired) electrons. The van der Waals surface area contributed by atoms with Crippen molar-refractivity contribution in [3.05, 3.63) is 71.3 Å². The predicted molar refractivity (Wildman–Crippen MR) is 98.4 cm³/mol. The summed E-state index contributed by atoms with van der Waals surface area (Å²) in [5, 5.41) is 8.72. The molecule has 0 aliphatic heterocycles. The van der Waals surface area contributed by atoms with Crippen LogP contribution in [-0.2, 0) is 9.59 Å². The van der Waals surface area contributed by atoms with Crippen molar-refractivity contribution < 1.29 is 9.59 Å². The number of carbonyl (C=O) groups is 2. The fourth-order valence-corrected chi connectivity index (χ4v) is 2.53. The first kappa shape index (κ1) is 18.3. The monoisotopic (exact) mass is 351 g/mol. The van der Waals surface area contributed by atoms with E-state index in [0.717, 1.165) is 16.0 Å². The lowest BCUT2D eigenvalue weighted by Crippen LogP contribution is -2.41. The summed E-state index contributed by atoms with van der Waals surface area (Å²) in [5.41, 5.74) is 7.20. The van der Waals surface area contributed by atoms with Gasteiger partial charge in [0.25, 0.3) is 5.91 Å². The van der Waals surface area contributed by atoms with Gasteiger partial charge in [0.2, 0.25) is 5.91 Å². The van der Waals surface area contributed by atoms with E-state index in [-0.39, 0.29) is 11.7 Å². The van der Waals surface area contributed by atoms with Gasteiger partial charge < -0.3 is 0 Å². The van der Waals surface area contributed by atoms with Crippen molar-refractivity contribution in [3.63, 3.8) is 0 Å². The highest BCUT2D eigenvalue weighted by Crippen LogP contribution is 2.17. The average Bonchev–Trinajstić information content (AvgIpc) is 2.64. The van der Waals surface area contributed by atoms with Crippen molar-refractivity contribution in [2.45, 2.75) is 11.8 Å². The molecular formula is C19H17N3O2S. The van der Waals surface area contributed by atoms with E-state index < -0.39 is 5.91 Å². The number of carbonyl (C=O) groups excluding carboxylic acids is 2. The van der Waals surface area contributed by atoms with Crippen LogP contribution < -0.4 is 10.9 Å². The van der Waals surface area contributed by atoms with Crippen LogP contribution in [0.25, 0.3) is 6.08 Å². The van der Waals surface area contributed by atoms with Gasteiger partial charge in [0.1, 0.15) is 0 Å². The van der Waals surface area contributed by atoms with Crippen LogP contribution in [0.1, 0.15) is 16.7 Å². The molecule has 0 aliphatic rings. The molecule has 0 spiro atoms. The lowest BCUT2D eigenvalue weighted by atomic mass is 10.1. The minimum Gasteiger partial charge on any atom is -0.272 e. The van der Waals surface area contributed by atoms with E-state index in [0.29, 0.717) is 5.56 Å². The highest BCUT2D eigenvalue weighted by molar-refractivity contribution is 8.00. The Bertz CT molecular complexity index is 806. The molecule has 2 N–H and O–H groups in total. The summed E-state index contributed by atoms with van der Waals surface area (Å²) in [6.07, 6.45) is 2.92. The van der Waals surface area contributed by atoms with Crippen molar-refractivity contribution in [3.8, 4) is 6.07 Å². The minimum atomic E-state index is -0.432. The first-order valence-electron chi connectivity index (χ1n) is 7.53. The number of nitrogens with zero attached hydrogens (tertiary/aromatic N) is 1. The van der Waals surface area contributed by atoms with Gasteiger partial charge in [-0.3, -0.25) is 20.4 Å². The number of nitrogens with one attached hydrogen (secondary N) is 2.